The Kier molecular flexibility index (Phi) is 3.11. The second kappa shape index (κ2) is 4.47. The minimum absolute atomic E-state index is 0.0995. The van der Waals surface area contributed by atoms with Crippen LogP contribution in [0.3, 0.4) is 0 Å². The van der Waals surface area contributed by atoms with E-state index in [9.17, 15) is 14.7 Å². The average molecular weight is 279 g/mol. The Morgan fingerprint density at radius 2 is 1.80 bits per heavy atom. The van der Waals surface area contributed by atoms with E-state index >= 15 is 0 Å². The molecule has 4 saturated carbocycles. The summed E-state index contributed by atoms with van der Waals surface area (Å²) in [6.45, 7) is 4.08. The predicted octanol–water partition coefficient (Wildman–Crippen LogP) is 2.57. The monoisotopic (exact) mass is 279 g/mol. The first-order valence-corrected chi connectivity index (χ1v) is 7.87. The van der Waals surface area contributed by atoms with Crippen molar-refractivity contribution in [1.29, 1.82) is 0 Å². The summed E-state index contributed by atoms with van der Waals surface area (Å²) in [5.74, 6) is 0.785. The van der Waals surface area contributed by atoms with E-state index in [4.69, 9.17) is 0 Å². The van der Waals surface area contributed by atoms with Crippen molar-refractivity contribution in [1.82, 2.24) is 5.32 Å². The molecule has 0 heterocycles. The average Bonchev–Trinajstić information content (AvgIpc) is 2.23. The van der Waals surface area contributed by atoms with Crippen molar-refractivity contribution < 1.29 is 14.7 Å². The number of hydrogen-bond donors (Lipinski definition) is 2. The van der Waals surface area contributed by atoms with Crippen LogP contribution in [0, 0.1) is 23.2 Å². The maximum absolute atomic E-state index is 12.2. The van der Waals surface area contributed by atoms with Crippen LogP contribution in [-0.4, -0.2) is 22.5 Å². The molecule has 1 amide bonds. The van der Waals surface area contributed by atoms with E-state index in [1.165, 1.54) is 0 Å². The van der Waals surface area contributed by atoms with Crippen LogP contribution in [0.25, 0.3) is 0 Å². The summed E-state index contributed by atoms with van der Waals surface area (Å²) in [6.07, 6.45) is 5.96. The zero-order valence-corrected chi connectivity index (χ0v) is 12.4. The van der Waals surface area contributed by atoms with Crippen molar-refractivity contribution in [2.75, 3.05) is 0 Å². The lowest BCUT2D eigenvalue weighted by atomic mass is 9.47. The molecule has 4 rings (SSSR count). The van der Waals surface area contributed by atoms with Crippen molar-refractivity contribution in [2.45, 2.75) is 64.3 Å². The van der Waals surface area contributed by atoms with Gasteiger partial charge in [0.25, 0.3) is 0 Å². The number of nitrogens with one attached hydrogen (secondary N) is 1. The van der Waals surface area contributed by atoms with Gasteiger partial charge in [0, 0.05) is 12.0 Å². The third-order valence-electron chi connectivity index (χ3n) is 5.51. The van der Waals surface area contributed by atoms with Gasteiger partial charge in [0.1, 0.15) is 0 Å². The molecule has 0 aromatic carbocycles. The van der Waals surface area contributed by atoms with Crippen molar-refractivity contribution >= 4 is 11.9 Å². The lowest BCUT2D eigenvalue weighted by Gasteiger charge is -2.60. The highest BCUT2D eigenvalue weighted by atomic mass is 16.4. The van der Waals surface area contributed by atoms with Gasteiger partial charge < -0.3 is 10.4 Å². The molecule has 0 saturated heterocycles. The van der Waals surface area contributed by atoms with Crippen LogP contribution in [0.15, 0.2) is 0 Å². The first-order valence-electron chi connectivity index (χ1n) is 7.87. The molecule has 4 aliphatic carbocycles. The molecule has 0 radical (unpaired) electrons. The van der Waals surface area contributed by atoms with Crippen LogP contribution in [0.1, 0.15) is 58.8 Å². The maximum atomic E-state index is 12.2. The summed E-state index contributed by atoms with van der Waals surface area (Å²) in [6, 6.07) is 0. The maximum Gasteiger partial charge on any atom is 0.309 e. The molecule has 4 aliphatic rings. The molecule has 0 aromatic heterocycles. The Morgan fingerprint density at radius 3 is 2.30 bits per heavy atom. The first kappa shape index (κ1) is 13.9. The molecule has 4 fully saturated rings. The summed E-state index contributed by atoms with van der Waals surface area (Å²) in [4.78, 5) is 23.9. The molecule has 4 bridgehead atoms. The highest BCUT2D eigenvalue weighted by Crippen LogP contribution is 2.61. The van der Waals surface area contributed by atoms with Crippen LogP contribution in [0.4, 0.5) is 0 Å². The van der Waals surface area contributed by atoms with E-state index in [2.05, 4.69) is 5.32 Å². The van der Waals surface area contributed by atoms with Crippen molar-refractivity contribution in [3.8, 4) is 0 Å². The largest absolute Gasteiger partial charge is 0.481 e. The fourth-order valence-electron chi connectivity index (χ4n) is 5.38. The van der Waals surface area contributed by atoms with Crippen molar-refractivity contribution in [3.05, 3.63) is 0 Å². The number of aliphatic carboxylic acids is 1. The van der Waals surface area contributed by atoms with Gasteiger partial charge in [-0.3, -0.25) is 9.59 Å². The Bertz CT molecular complexity index is 429. The molecular weight excluding hydrogens is 254 g/mol. The van der Waals surface area contributed by atoms with Gasteiger partial charge in [0.2, 0.25) is 5.91 Å². The fourth-order valence-corrected chi connectivity index (χ4v) is 5.38. The second-order valence-electron chi connectivity index (χ2n) is 7.97. The molecule has 0 spiro atoms. The Morgan fingerprint density at radius 1 is 1.20 bits per heavy atom. The molecule has 4 atom stereocenters. The van der Waals surface area contributed by atoms with Crippen LogP contribution in [0.5, 0.6) is 0 Å². The highest BCUT2D eigenvalue weighted by molar-refractivity contribution is 5.79. The number of hydrogen-bond acceptors (Lipinski definition) is 2. The van der Waals surface area contributed by atoms with Gasteiger partial charge in [-0.25, -0.2) is 0 Å². The zero-order chi connectivity index (χ0) is 14.5. The third kappa shape index (κ3) is 2.23. The van der Waals surface area contributed by atoms with E-state index in [1.807, 2.05) is 13.8 Å². The number of carbonyl (C=O) groups is 2. The molecule has 2 N–H and O–H groups in total. The Labute approximate surface area is 120 Å². The lowest BCUT2D eigenvalue weighted by Crippen LogP contribution is -2.64. The normalized spacial score (nSPS) is 42.0. The lowest BCUT2D eigenvalue weighted by molar-refractivity contribution is -0.169. The second-order valence-corrected chi connectivity index (χ2v) is 7.97. The number of carboxylic acids is 1. The molecule has 0 aliphatic heterocycles. The SMILES string of the molecule is CC(C)CC(=O)NC12C[C@H]3C[C@@H](C1)CC(C(=O)O)(C3)C2. The molecule has 4 nitrogen and oxygen atoms in total. The highest BCUT2D eigenvalue weighted by Gasteiger charge is 2.61. The molecule has 4 heteroatoms. The topological polar surface area (TPSA) is 66.4 Å². The standard InChI is InChI=1S/C16H25NO3/c1-10(2)3-13(18)17-16-7-11-4-12(8-16)6-15(5-11,9-16)14(19)20/h10-12H,3-9H2,1-2H3,(H,17,18)(H,19,20)/t11-,12+,15?,16?. The van der Waals surface area contributed by atoms with Crippen LogP contribution >= 0.6 is 0 Å². The zero-order valence-electron chi connectivity index (χ0n) is 12.4. The predicted molar refractivity (Wildman–Crippen MR) is 75.1 cm³/mol. The van der Waals surface area contributed by atoms with Gasteiger partial charge >= 0.3 is 5.97 Å². The van der Waals surface area contributed by atoms with Gasteiger partial charge in [-0.1, -0.05) is 13.8 Å². The Balaban J connectivity index is 1.80. The van der Waals surface area contributed by atoms with Crippen molar-refractivity contribution in [2.24, 2.45) is 23.2 Å². The van der Waals surface area contributed by atoms with E-state index in [0.717, 1.165) is 32.1 Å². The van der Waals surface area contributed by atoms with Gasteiger partial charge in [-0.2, -0.15) is 0 Å². The van der Waals surface area contributed by atoms with E-state index in [-0.39, 0.29) is 11.4 Å². The van der Waals surface area contributed by atoms with Gasteiger partial charge in [-0.15, -0.1) is 0 Å². The fraction of sp³-hybridized carbons (Fsp3) is 0.875. The number of carboxylic acid groups (broad SMARTS) is 1. The molecular formula is C16H25NO3. The summed E-state index contributed by atoms with van der Waals surface area (Å²) < 4.78 is 0. The van der Waals surface area contributed by atoms with Crippen molar-refractivity contribution in [3.63, 3.8) is 0 Å². The third-order valence-corrected chi connectivity index (χ3v) is 5.51. The summed E-state index contributed by atoms with van der Waals surface area (Å²) in [5.41, 5.74) is -0.788. The van der Waals surface area contributed by atoms with Gasteiger partial charge in [0.15, 0.2) is 0 Å². The smallest absolute Gasteiger partial charge is 0.309 e. The quantitative estimate of drug-likeness (QED) is 0.831. The number of amides is 1. The van der Waals surface area contributed by atoms with E-state index in [0.29, 0.717) is 30.6 Å². The molecule has 0 aromatic rings. The van der Waals surface area contributed by atoms with Crippen LogP contribution in [0.2, 0.25) is 0 Å². The molecule has 112 valence electrons. The minimum Gasteiger partial charge on any atom is -0.481 e. The molecule has 20 heavy (non-hydrogen) atoms. The first-order chi connectivity index (χ1) is 9.32. The van der Waals surface area contributed by atoms with E-state index in [1.54, 1.807) is 0 Å². The summed E-state index contributed by atoms with van der Waals surface area (Å²) >= 11 is 0. The summed E-state index contributed by atoms with van der Waals surface area (Å²) in [7, 11) is 0. The molecule has 2 unspecified atom stereocenters. The minimum atomic E-state index is -0.644. The van der Waals surface area contributed by atoms with Crippen LogP contribution < -0.4 is 5.32 Å². The van der Waals surface area contributed by atoms with E-state index < -0.39 is 11.4 Å². The van der Waals surface area contributed by atoms with Crippen LogP contribution in [-0.2, 0) is 9.59 Å². The van der Waals surface area contributed by atoms with Gasteiger partial charge in [0.05, 0.1) is 5.41 Å². The van der Waals surface area contributed by atoms with Gasteiger partial charge in [-0.05, 0) is 56.3 Å². The number of carbonyl (C=O) groups excluding carboxylic acids is 1. The number of rotatable bonds is 4. The summed E-state index contributed by atoms with van der Waals surface area (Å²) in [5, 5.41) is 12.9. The Hall–Kier alpha value is -1.06.